The molecule has 0 saturated carbocycles. The van der Waals surface area contributed by atoms with Gasteiger partial charge in [0.15, 0.2) is 5.65 Å². The van der Waals surface area contributed by atoms with Gasteiger partial charge in [-0.3, -0.25) is 14.6 Å². The summed E-state index contributed by atoms with van der Waals surface area (Å²) in [5.41, 5.74) is 4.45. The molecule has 2 saturated heterocycles. The number of amides is 1. The fraction of sp³-hybridized carbons (Fsp3) is 0.419. The Bertz CT molecular complexity index is 1490. The second-order valence-electron chi connectivity index (χ2n) is 11.1. The highest BCUT2D eigenvalue weighted by Crippen LogP contribution is 2.37. The first-order chi connectivity index (χ1) is 19.5. The van der Waals surface area contributed by atoms with Gasteiger partial charge < -0.3 is 4.90 Å². The Balaban J connectivity index is 1.36. The van der Waals surface area contributed by atoms with Gasteiger partial charge in [-0.2, -0.15) is 5.10 Å². The Morgan fingerprint density at radius 3 is 2.30 bits per heavy atom. The maximum Gasteiger partial charge on any atom is 0.253 e. The normalized spacial score (nSPS) is 16.9. The van der Waals surface area contributed by atoms with Crippen molar-refractivity contribution in [2.24, 2.45) is 0 Å². The lowest BCUT2D eigenvalue weighted by atomic mass is 10.0. The van der Waals surface area contributed by atoms with Gasteiger partial charge in [0, 0.05) is 68.5 Å². The van der Waals surface area contributed by atoms with Gasteiger partial charge in [0.1, 0.15) is 11.4 Å². The van der Waals surface area contributed by atoms with Crippen molar-refractivity contribution in [2.75, 3.05) is 45.8 Å². The zero-order valence-electron chi connectivity index (χ0n) is 23.3. The van der Waals surface area contributed by atoms with Crippen LogP contribution in [0.3, 0.4) is 0 Å². The Kier molecular flexibility index (Phi) is 7.82. The van der Waals surface area contributed by atoms with Crippen LogP contribution in [0.4, 0.5) is 0 Å². The molecule has 40 heavy (non-hydrogen) atoms. The van der Waals surface area contributed by atoms with E-state index in [1.165, 1.54) is 0 Å². The zero-order valence-corrected chi connectivity index (χ0v) is 24.0. The molecule has 208 valence electrons. The maximum atomic E-state index is 13.2. The summed E-state index contributed by atoms with van der Waals surface area (Å²) in [5, 5.41) is 15.5. The molecule has 0 N–H and O–H groups in total. The molecular weight excluding hydrogens is 522 g/mol. The number of nitrogens with zero attached hydrogens (tertiary/aromatic N) is 7. The van der Waals surface area contributed by atoms with E-state index in [0.29, 0.717) is 34.5 Å². The monoisotopic (exact) mass is 557 g/mol. The molecule has 4 aromatic rings. The summed E-state index contributed by atoms with van der Waals surface area (Å²) >= 11 is 7.10. The molecule has 1 amide bonds. The van der Waals surface area contributed by atoms with Crippen molar-refractivity contribution in [1.29, 1.82) is 0 Å². The number of aromatic nitrogens is 4. The van der Waals surface area contributed by atoms with E-state index < -0.39 is 0 Å². The van der Waals surface area contributed by atoms with Crippen LogP contribution in [0.2, 0.25) is 5.02 Å². The van der Waals surface area contributed by atoms with Crippen molar-refractivity contribution < 1.29 is 4.79 Å². The Labute approximate surface area is 240 Å². The van der Waals surface area contributed by atoms with Crippen molar-refractivity contribution in [1.82, 2.24) is 34.7 Å². The number of carbonyl (C=O) groups is 1. The van der Waals surface area contributed by atoms with Gasteiger partial charge in [-0.1, -0.05) is 54.1 Å². The molecule has 0 radical (unpaired) electrons. The average molecular weight is 558 g/mol. The van der Waals surface area contributed by atoms with Crippen LogP contribution in [0.25, 0.3) is 33.5 Å². The van der Waals surface area contributed by atoms with E-state index in [1.807, 2.05) is 64.2 Å². The first-order valence-corrected chi connectivity index (χ1v) is 14.7. The molecule has 0 bridgehead atoms. The molecule has 2 aliphatic rings. The van der Waals surface area contributed by atoms with Gasteiger partial charge in [-0.15, -0.1) is 10.2 Å². The van der Waals surface area contributed by atoms with Crippen LogP contribution in [0.15, 0.2) is 54.6 Å². The minimum absolute atomic E-state index is 0.0690. The molecule has 0 spiro atoms. The van der Waals surface area contributed by atoms with E-state index in [1.54, 1.807) is 0 Å². The summed E-state index contributed by atoms with van der Waals surface area (Å²) in [6.45, 7) is 11.9. The fourth-order valence-electron chi connectivity index (χ4n) is 5.80. The first-order valence-electron chi connectivity index (χ1n) is 14.3. The molecule has 2 aliphatic heterocycles. The molecule has 0 unspecified atom stereocenters. The first kappa shape index (κ1) is 26.9. The third-order valence-electron chi connectivity index (χ3n) is 8.19. The van der Waals surface area contributed by atoms with Crippen LogP contribution in [-0.2, 0) is 6.54 Å². The van der Waals surface area contributed by atoms with Gasteiger partial charge in [-0.05, 0) is 38.8 Å². The van der Waals surface area contributed by atoms with Crippen molar-refractivity contribution in [3.05, 3.63) is 65.2 Å². The fourth-order valence-corrected chi connectivity index (χ4v) is 6.12. The molecule has 8 nitrogen and oxygen atoms in total. The number of rotatable bonds is 7. The molecular formula is C31H36ClN7O. The Morgan fingerprint density at radius 1 is 0.850 bits per heavy atom. The average Bonchev–Trinajstić information content (AvgIpc) is 3.66. The standard InChI is InChI=1S/C31H36ClN7O/c1-22(2)37-18-15-36(16-19-37)17-20-39-30-26(27(32)29(33-34-30)23-9-4-3-5-10-23)28(35-39)24-11-8-12-25(21-24)31(40)38-13-6-7-14-38/h3-5,8-12,21-22H,6-7,13-20H2,1-2H3. The number of carbonyl (C=O) groups excluding carboxylic acids is 1. The summed E-state index contributed by atoms with van der Waals surface area (Å²) in [4.78, 5) is 20.1. The SMILES string of the molecule is CC(C)N1CCN(CCn2nc(-c3cccc(C(=O)N4CCCC4)c3)c3c(Cl)c(-c4ccccc4)nnc32)CC1. The van der Waals surface area contributed by atoms with Gasteiger partial charge in [0.2, 0.25) is 0 Å². The highest BCUT2D eigenvalue weighted by Gasteiger charge is 2.24. The summed E-state index contributed by atoms with van der Waals surface area (Å²) in [6.07, 6.45) is 2.12. The molecule has 0 atom stereocenters. The van der Waals surface area contributed by atoms with Crippen molar-refractivity contribution in [3.8, 4) is 22.5 Å². The van der Waals surface area contributed by atoms with Gasteiger partial charge in [0.05, 0.1) is 17.0 Å². The minimum Gasteiger partial charge on any atom is -0.339 e. The highest BCUT2D eigenvalue weighted by atomic mass is 35.5. The summed E-state index contributed by atoms with van der Waals surface area (Å²) in [5.74, 6) is 0.0690. The van der Waals surface area contributed by atoms with Crippen LogP contribution in [0.5, 0.6) is 0 Å². The van der Waals surface area contributed by atoms with Crippen molar-refractivity contribution in [3.63, 3.8) is 0 Å². The number of fused-ring (bicyclic) bond motifs is 1. The third-order valence-corrected chi connectivity index (χ3v) is 8.55. The molecule has 6 rings (SSSR count). The predicted molar refractivity (Wildman–Crippen MR) is 159 cm³/mol. The molecule has 9 heteroatoms. The van der Waals surface area contributed by atoms with E-state index >= 15 is 0 Å². The lowest BCUT2D eigenvalue weighted by Crippen LogP contribution is -2.49. The second kappa shape index (κ2) is 11.6. The number of halogens is 1. The molecule has 2 aromatic carbocycles. The number of benzene rings is 2. The highest BCUT2D eigenvalue weighted by molar-refractivity contribution is 6.38. The van der Waals surface area contributed by atoms with Crippen molar-refractivity contribution in [2.45, 2.75) is 39.3 Å². The molecule has 2 fully saturated rings. The van der Waals surface area contributed by atoms with Crippen LogP contribution in [-0.4, -0.2) is 92.4 Å². The topological polar surface area (TPSA) is 70.4 Å². The van der Waals surface area contributed by atoms with Gasteiger partial charge in [0.25, 0.3) is 5.91 Å². The van der Waals surface area contributed by atoms with E-state index in [2.05, 4.69) is 33.8 Å². The van der Waals surface area contributed by atoms with E-state index in [9.17, 15) is 4.79 Å². The second-order valence-corrected chi connectivity index (χ2v) is 11.4. The molecule has 0 aliphatic carbocycles. The van der Waals surface area contributed by atoms with Crippen molar-refractivity contribution >= 4 is 28.5 Å². The van der Waals surface area contributed by atoms with E-state index in [4.69, 9.17) is 16.7 Å². The lowest BCUT2D eigenvalue weighted by molar-refractivity contribution is 0.0793. The minimum atomic E-state index is 0.0690. The number of hydrogen-bond acceptors (Lipinski definition) is 6. The van der Waals surface area contributed by atoms with Crippen LogP contribution in [0, 0.1) is 0 Å². The zero-order chi connectivity index (χ0) is 27.6. The number of likely N-dealkylation sites (tertiary alicyclic amines) is 1. The predicted octanol–water partition coefficient (Wildman–Crippen LogP) is 5.08. The van der Waals surface area contributed by atoms with Crippen LogP contribution in [0.1, 0.15) is 37.0 Å². The summed E-state index contributed by atoms with van der Waals surface area (Å²) in [6, 6.07) is 18.2. The largest absolute Gasteiger partial charge is 0.339 e. The molecule has 2 aromatic heterocycles. The smallest absolute Gasteiger partial charge is 0.253 e. The Morgan fingerprint density at radius 2 is 1.57 bits per heavy atom. The van der Waals surface area contributed by atoms with Gasteiger partial charge in [-0.25, -0.2) is 4.68 Å². The van der Waals surface area contributed by atoms with Crippen LogP contribution >= 0.6 is 11.6 Å². The number of piperazine rings is 1. The number of hydrogen-bond donors (Lipinski definition) is 0. The summed E-state index contributed by atoms with van der Waals surface area (Å²) in [7, 11) is 0. The van der Waals surface area contributed by atoms with Crippen LogP contribution < -0.4 is 0 Å². The van der Waals surface area contributed by atoms with Gasteiger partial charge >= 0.3 is 0 Å². The molecule has 4 heterocycles. The van der Waals surface area contributed by atoms with E-state index in [0.717, 1.165) is 80.9 Å². The Hall–Kier alpha value is -3.33. The van der Waals surface area contributed by atoms with E-state index in [-0.39, 0.29) is 5.91 Å². The summed E-state index contributed by atoms with van der Waals surface area (Å²) < 4.78 is 1.93. The third kappa shape index (κ3) is 5.36. The lowest BCUT2D eigenvalue weighted by Gasteiger charge is -2.36. The quantitative estimate of drug-likeness (QED) is 0.316. The maximum absolute atomic E-state index is 13.2.